The molecule has 0 saturated carbocycles. The SMILES string of the molecule is CCOC[C@@H](O)CN(Cc1c(-c2ccccc2)nn(C)c1Oc1ccc(C)cc1)[C@H](C)CC. The Morgan fingerprint density at radius 2 is 1.76 bits per heavy atom. The van der Waals surface area contributed by atoms with Crippen LogP contribution in [0.3, 0.4) is 0 Å². The minimum absolute atomic E-state index is 0.275. The summed E-state index contributed by atoms with van der Waals surface area (Å²) in [5.41, 5.74) is 4.13. The molecule has 0 spiro atoms. The average molecular weight is 452 g/mol. The maximum absolute atomic E-state index is 10.6. The summed E-state index contributed by atoms with van der Waals surface area (Å²) >= 11 is 0. The summed E-state index contributed by atoms with van der Waals surface area (Å²) in [6, 6.07) is 18.5. The van der Waals surface area contributed by atoms with E-state index in [-0.39, 0.29) is 6.04 Å². The second-order valence-corrected chi connectivity index (χ2v) is 8.54. The second kappa shape index (κ2) is 12.0. The molecule has 0 saturated heterocycles. The smallest absolute Gasteiger partial charge is 0.222 e. The highest BCUT2D eigenvalue weighted by molar-refractivity contribution is 5.65. The topological polar surface area (TPSA) is 59.8 Å². The van der Waals surface area contributed by atoms with Gasteiger partial charge in [0.05, 0.1) is 18.3 Å². The number of benzene rings is 2. The fraction of sp³-hybridized carbons (Fsp3) is 0.444. The number of rotatable bonds is 12. The van der Waals surface area contributed by atoms with Crippen molar-refractivity contribution in [2.24, 2.45) is 7.05 Å². The fourth-order valence-corrected chi connectivity index (χ4v) is 3.81. The zero-order valence-corrected chi connectivity index (χ0v) is 20.5. The van der Waals surface area contributed by atoms with Crippen LogP contribution in [0.1, 0.15) is 38.3 Å². The molecule has 0 amide bonds. The Morgan fingerprint density at radius 3 is 2.39 bits per heavy atom. The third-order valence-electron chi connectivity index (χ3n) is 5.91. The first-order chi connectivity index (χ1) is 15.9. The lowest BCUT2D eigenvalue weighted by Gasteiger charge is -2.30. The molecule has 0 unspecified atom stereocenters. The zero-order valence-electron chi connectivity index (χ0n) is 20.5. The summed E-state index contributed by atoms with van der Waals surface area (Å²) in [6.45, 7) is 10.4. The summed E-state index contributed by atoms with van der Waals surface area (Å²) in [5, 5.41) is 15.4. The van der Waals surface area contributed by atoms with E-state index in [0.29, 0.717) is 32.2 Å². The van der Waals surface area contributed by atoms with Gasteiger partial charge in [-0.15, -0.1) is 0 Å². The van der Waals surface area contributed by atoms with Crippen LogP contribution in [0.5, 0.6) is 11.6 Å². The van der Waals surface area contributed by atoms with Crippen molar-refractivity contribution in [3.63, 3.8) is 0 Å². The lowest BCUT2D eigenvalue weighted by molar-refractivity contribution is 0.0112. The Kier molecular flexibility index (Phi) is 9.06. The van der Waals surface area contributed by atoms with Crippen LogP contribution in [0, 0.1) is 6.92 Å². The molecule has 2 aromatic carbocycles. The first-order valence-electron chi connectivity index (χ1n) is 11.8. The zero-order chi connectivity index (χ0) is 23.8. The van der Waals surface area contributed by atoms with E-state index in [9.17, 15) is 5.11 Å². The van der Waals surface area contributed by atoms with Crippen LogP contribution in [0.2, 0.25) is 0 Å². The molecule has 0 aliphatic rings. The lowest BCUT2D eigenvalue weighted by atomic mass is 10.1. The van der Waals surface area contributed by atoms with Crippen molar-refractivity contribution in [3.8, 4) is 22.9 Å². The van der Waals surface area contributed by atoms with Gasteiger partial charge in [-0.3, -0.25) is 4.90 Å². The Balaban J connectivity index is 1.99. The number of aryl methyl sites for hydroxylation is 2. The van der Waals surface area contributed by atoms with Crippen LogP contribution < -0.4 is 4.74 Å². The van der Waals surface area contributed by atoms with E-state index in [1.165, 1.54) is 5.56 Å². The summed E-state index contributed by atoms with van der Waals surface area (Å²) in [6.07, 6.45) is 0.411. The molecular formula is C27H37N3O3. The summed E-state index contributed by atoms with van der Waals surface area (Å²) in [4.78, 5) is 2.29. The summed E-state index contributed by atoms with van der Waals surface area (Å²) in [7, 11) is 1.91. The number of hydrogen-bond acceptors (Lipinski definition) is 5. The van der Waals surface area contributed by atoms with Crippen LogP contribution in [0.4, 0.5) is 0 Å². The first kappa shape index (κ1) is 25.0. The summed E-state index contributed by atoms with van der Waals surface area (Å²) in [5.74, 6) is 1.49. The minimum atomic E-state index is -0.558. The van der Waals surface area contributed by atoms with Crippen LogP contribution in [0.25, 0.3) is 11.3 Å². The lowest BCUT2D eigenvalue weighted by Crippen LogP contribution is -2.40. The van der Waals surface area contributed by atoms with Crippen molar-refractivity contribution in [1.29, 1.82) is 0 Å². The molecule has 3 aromatic rings. The van der Waals surface area contributed by atoms with E-state index in [1.807, 2.05) is 61.1 Å². The molecule has 1 heterocycles. The van der Waals surface area contributed by atoms with Crippen molar-refractivity contribution in [1.82, 2.24) is 14.7 Å². The monoisotopic (exact) mass is 451 g/mol. The maximum Gasteiger partial charge on any atom is 0.222 e. The second-order valence-electron chi connectivity index (χ2n) is 8.54. The molecule has 2 atom stereocenters. The number of aliphatic hydroxyl groups is 1. The number of ether oxygens (including phenoxy) is 2. The van der Waals surface area contributed by atoms with E-state index < -0.39 is 6.10 Å². The van der Waals surface area contributed by atoms with Gasteiger partial charge in [0.15, 0.2) is 0 Å². The van der Waals surface area contributed by atoms with Crippen LogP contribution in [-0.2, 0) is 18.3 Å². The largest absolute Gasteiger partial charge is 0.439 e. The third kappa shape index (κ3) is 6.67. The van der Waals surface area contributed by atoms with Crippen LogP contribution >= 0.6 is 0 Å². The van der Waals surface area contributed by atoms with Crippen molar-refractivity contribution in [2.75, 3.05) is 19.8 Å². The number of nitrogens with zero attached hydrogens (tertiary/aromatic N) is 3. The molecule has 1 N–H and O–H groups in total. The van der Waals surface area contributed by atoms with E-state index >= 15 is 0 Å². The van der Waals surface area contributed by atoms with Gasteiger partial charge in [-0.05, 0) is 39.3 Å². The third-order valence-corrected chi connectivity index (χ3v) is 5.91. The number of aromatic nitrogens is 2. The summed E-state index contributed by atoms with van der Waals surface area (Å²) < 4.78 is 13.6. The van der Waals surface area contributed by atoms with E-state index in [1.54, 1.807) is 0 Å². The predicted octanol–water partition coefficient (Wildman–Crippen LogP) is 5.19. The standard InChI is InChI=1S/C27H37N3O3/c1-6-21(4)30(17-23(31)19-32-7-2)18-25-26(22-11-9-8-10-12-22)28-29(5)27(25)33-24-15-13-20(3)14-16-24/h8-16,21,23,31H,6-7,17-19H2,1-5H3/t21-,23+/m1/s1. The van der Waals surface area contributed by atoms with Gasteiger partial charge in [-0.25, -0.2) is 4.68 Å². The Labute approximate surface area is 197 Å². The first-order valence-corrected chi connectivity index (χ1v) is 11.8. The van der Waals surface area contributed by atoms with E-state index in [0.717, 1.165) is 29.0 Å². The molecule has 0 radical (unpaired) electrons. The fourth-order valence-electron chi connectivity index (χ4n) is 3.81. The Bertz CT molecular complexity index is 986. The van der Waals surface area contributed by atoms with E-state index in [4.69, 9.17) is 14.6 Å². The molecule has 178 valence electrons. The van der Waals surface area contributed by atoms with Gasteiger partial charge in [-0.2, -0.15) is 5.10 Å². The highest BCUT2D eigenvalue weighted by Gasteiger charge is 2.25. The predicted molar refractivity (Wildman–Crippen MR) is 133 cm³/mol. The number of hydrogen-bond donors (Lipinski definition) is 1. The molecule has 0 aliphatic heterocycles. The van der Waals surface area contributed by atoms with Gasteiger partial charge in [0.25, 0.3) is 0 Å². The molecule has 33 heavy (non-hydrogen) atoms. The van der Waals surface area contributed by atoms with Gasteiger partial charge in [0.2, 0.25) is 5.88 Å². The van der Waals surface area contributed by atoms with Crippen LogP contribution in [0.15, 0.2) is 54.6 Å². The maximum atomic E-state index is 10.6. The minimum Gasteiger partial charge on any atom is -0.439 e. The molecular weight excluding hydrogens is 414 g/mol. The molecule has 0 bridgehead atoms. The molecule has 6 nitrogen and oxygen atoms in total. The van der Waals surface area contributed by atoms with E-state index in [2.05, 4.69) is 37.8 Å². The Morgan fingerprint density at radius 1 is 1.06 bits per heavy atom. The molecule has 3 rings (SSSR count). The van der Waals surface area contributed by atoms with Gasteiger partial charge < -0.3 is 14.6 Å². The van der Waals surface area contributed by atoms with Gasteiger partial charge >= 0.3 is 0 Å². The molecule has 6 heteroatoms. The van der Waals surface area contributed by atoms with Gasteiger partial charge in [-0.1, -0.05) is 55.0 Å². The quantitative estimate of drug-likeness (QED) is 0.411. The highest BCUT2D eigenvalue weighted by atomic mass is 16.5. The van der Waals surface area contributed by atoms with Crippen molar-refractivity contribution in [3.05, 3.63) is 65.7 Å². The normalized spacial score (nSPS) is 13.3. The van der Waals surface area contributed by atoms with Gasteiger partial charge in [0.1, 0.15) is 11.4 Å². The van der Waals surface area contributed by atoms with Crippen molar-refractivity contribution >= 4 is 0 Å². The van der Waals surface area contributed by atoms with Gasteiger partial charge in [0, 0.05) is 38.3 Å². The highest BCUT2D eigenvalue weighted by Crippen LogP contribution is 2.34. The molecule has 0 aliphatic carbocycles. The van der Waals surface area contributed by atoms with Crippen molar-refractivity contribution < 1.29 is 14.6 Å². The molecule has 1 aromatic heterocycles. The van der Waals surface area contributed by atoms with Crippen molar-refractivity contribution in [2.45, 2.75) is 52.8 Å². The van der Waals surface area contributed by atoms with Crippen LogP contribution in [-0.4, -0.2) is 51.7 Å². The Hall–Kier alpha value is -2.67. The number of aliphatic hydroxyl groups excluding tert-OH is 1. The molecule has 0 fully saturated rings. The average Bonchev–Trinajstić information content (AvgIpc) is 3.13.